The van der Waals surface area contributed by atoms with Crippen LogP contribution in [0.15, 0.2) is 30.9 Å². The first-order chi connectivity index (χ1) is 8.81. The molecular weight excluding hydrogens is 230 g/mol. The Kier molecular flexibility index (Phi) is 4.25. The van der Waals surface area contributed by atoms with E-state index in [2.05, 4.69) is 20.0 Å². The Labute approximate surface area is 106 Å². The average molecular weight is 247 g/mol. The van der Waals surface area contributed by atoms with Gasteiger partial charge in [-0.2, -0.15) is 5.10 Å². The molecule has 96 valence electrons. The fourth-order valence-corrected chi connectivity index (χ4v) is 1.60. The third kappa shape index (κ3) is 3.04. The van der Waals surface area contributed by atoms with Crippen molar-refractivity contribution in [1.29, 1.82) is 0 Å². The zero-order valence-electron chi connectivity index (χ0n) is 10.7. The lowest BCUT2D eigenvalue weighted by molar-refractivity contribution is 0.196. The van der Waals surface area contributed by atoms with E-state index >= 15 is 0 Å². The molecule has 0 radical (unpaired) electrons. The van der Waals surface area contributed by atoms with Crippen LogP contribution >= 0.6 is 0 Å². The molecule has 2 rings (SSSR count). The Hall–Kier alpha value is -1.95. The summed E-state index contributed by atoms with van der Waals surface area (Å²) < 4.78 is 6.73. The van der Waals surface area contributed by atoms with Crippen molar-refractivity contribution < 1.29 is 4.74 Å². The summed E-state index contributed by atoms with van der Waals surface area (Å²) in [6, 6.07) is 1.86. The lowest BCUT2D eigenvalue weighted by atomic mass is 10.4. The molecule has 0 saturated heterocycles. The van der Waals surface area contributed by atoms with Crippen molar-refractivity contribution >= 4 is 5.82 Å². The van der Waals surface area contributed by atoms with Crippen LogP contribution in [0.5, 0.6) is 0 Å². The van der Waals surface area contributed by atoms with Gasteiger partial charge in [-0.25, -0.2) is 9.67 Å². The van der Waals surface area contributed by atoms with E-state index in [1.54, 1.807) is 30.4 Å². The van der Waals surface area contributed by atoms with Gasteiger partial charge in [0, 0.05) is 39.7 Å². The monoisotopic (exact) mass is 247 g/mol. The molecule has 6 heteroatoms. The normalized spacial score (nSPS) is 10.6. The molecule has 0 spiro atoms. The quantitative estimate of drug-likeness (QED) is 0.716. The fraction of sp³-hybridized carbons (Fsp3) is 0.417. The van der Waals surface area contributed by atoms with Gasteiger partial charge < -0.3 is 9.64 Å². The van der Waals surface area contributed by atoms with Gasteiger partial charge in [0.25, 0.3) is 0 Å². The van der Waals surface area contributed by atoms with Crippen LogP contribution in [0.4, 0.5) is 5.82 Å². The Morgan fingerprint density at radius 3 is 3.00 bits per heavy atom. The molecule has 18 heavy (non-hydrogen) atoms. The SMILES string of the molecule is COCCCN(C)c1cncc(-n2cccn2)n1. The summed E-state index contributed by atoms with van der Waals surface area (Å²) in [5, 5.41) is 4.14. The van der Waals surface area contributed by atoms with E-state index in [-0.39, 0.29) is 0 Å². The van der Waals surface area contributed by atoms with E-state index in [1.807, 2.05) is 19.3 Å². The topological polar surface area (TPSA) is 56.1 Å². The van der Waals surface area contributed by atoms with E-state index in [0.717, 1.165) is 31.2 Å². The van der Waals surface area contributed by atoms with Crippen molar-refractivity contribution in [2.75, 3.05) is 32.2 Å². The van der Waals surface area contributed by atoms with Crippen LogP contribution in [0.1, 0.15) is 6.42 Å². The van der Waals surface area contributed by atoms with Crippen molar-refractivity contribution in [2.24, 2.45) is 0 Å². The summed E-state index contributed by atoms with van der Waals surface area (Å²) in [5.41, 5.74) is 0. The lowest BCUT2D eigenvalue weighted by Gasteiger charge is -2.17. The van der Waals surface area contributed by atoms with Gasteiger partial charge in [0.05, 0.1) is 12.4 Å². The number of nitrogens with zero attached hydrogens (tertiary/aromatic N) is 5. The van der Waals surface area contributed by atoms with Crippen molar-refractivity contribution in [3.63, 3.8) is 0 Å². The molecule has 2 aromatic rings. The maximum absolute atomic E-state index is 5.03. The van der Waals surface area contributed by atoms with E-state index in [9.17, 15) is 0 Å². The summed E-state index contributed by atoms with van der Waals surface area (Å²) in [7, 11) is 3.70. The maximum Gasteiger partial charge on any atom is 0.173 e. The molecule has 0 amide bonds. The number of hydrogen-bond acceptors (Lipinski definition) is 5. The summed E-state index contributed by atoms with van der Waals surface area (Å²) in [4.78, 5) is 10.8. The summed E-state index contributed by atoms with van der Waals surface area (Å²) in [6.07, 6.45) is 7.97. The minimum atomic E-state index is 0.719. The second-order valence-corrected chi connectivity index (χ2v) is 3.95. The third-order valence-corrected chi connectivity index (χ3v) is 2.58. The first kappa shape index (κ1) is 12.5. The standard InChI is InChI=1S/C12H17N5O/c1-16(6-4-8-18-2)11-9-13-10-12(15-11)17-7-3-5-14-17/h3,5,7,9-10H,4,6,8H2,1-2H3. The molecule has 6 nitrogen and oxygen atoms in total. The molecule has 0 bridgehead atoms. The van der Waals surface area contributed by atoms with Crippen LogP contribution in [0.2, 0.25) is 0 Å². The van der Waals surface area contributed by atoms with Gasteiger partial charge in [-0.3, -0.25) is 4.98 Å². The van der Waals surface area contributed by atoms with Crippen LogP contribution in [-0.2, 0) is 4.74 Å². The van der Waals surface area contributed by atoms with Gasteiger partial charge in [-0.05, 0) is 12.5 Å². The third-order valence-electron chi connectivity index (χ3n) is 2.58. The zero-order valence-corrected chi connectivity index (χ0v) is 10.7. The molecule has 0 N–H and O–H groups in total. The molecule has 0 aliphatic carbocycles. The molecule has 2 heterocycles. The lowest BCUT2D eigenvalue weighted by Crippen LogP contribution is -2.21. The smallest absolute Gasteiger partial charge is 0.173 e. The molecule has 0 unspecified atom stereocenters. The second-order valence-electron chi connectivity index (χ2n) is 3.95. The van der Waals surface area contributed by atoms with Gasteiger partial charge in [0.2, 0.25) is 0 Å². The molecule has 0 saturated carbocycles. The molecular formula is C12H17N5O. The largest absolute Gasteiger partial charge is 0.385 e. The average Bonchev–Trinajstić information content (AvgIpc) is 2.93. The number of aromatic nitrogens is 4. The summed E-state index contributed by atoms with van der Waals surface area (Å²) in [5.74, 6) is 1.55. The van der Waals surface area contributed by atoms with E-state index in [4.69, 9.17) is 4.74 Å². The fourth-order valence-electron chi connectivity index (χ4n) is 1.60. The molecule has 0 aliphatic rings. The van der Waals surface area contributed by atoms with Gasteiger partial charge in [-0.1, -0.05) is 0 Å². The second kappa shape index (κ2) is 6.11. The van der Waals surface area contributed by atoms with Crippen LogP contribution in [0.25, 0.3) is 5.82 Å². The highest BCUT2D eigenvalue weighted by atomic mass is 16.5. The first-order valence-electron chi connectivity index (χ1n) is 5.83. The highest BCUT2D eigenvalue weighted by Gasteiger charge is 2.05. The number of rotatable bonds is 6. The molecule has 0 aliphatic heterocycles. The van der Waals surface area contributed by atoms with E-state index < -0.39 is 0 Å². The van der Waals surface area contributed by atoms with Crippen molar-refractivity contribution in [2.45, 2.75) is 6.42 Å². The number of anilines is 1. The Morgan fingerprint density at radius 1 is 1.39 bits per heavy atom. The van der Waals surface area contributed by atoms with Crippen molar-refractivity contribution in [3.05, 3.63) is 30.9 Å². The van der Waals surface area contributed by atoms with Crippen LogP contribution in [0, 0.1) is 0 Å². The van der Waals surface area contributed by atoms with Crippen LogP contribution in [0.3, 0.4) is 0 Å². The Bertz CT molecular complexity index is 471. The minimum Gasteiger partial charge on any atom is -0.385 e. The van der Waals surface area contributed by atoms with Crippen molar-refractivity contribution in [3.8, 4) is 5.82 Å². The Morgan fingerprint density at radius 2 is 2.28 bits per heavy atom. The summed E-state index contributed by atoms with van der Waals surface area (Å²) >= 11 is 0. The van der Waals surface area contributed by atoms with Crippen LogP contribution in [-0.4, -0.2) is 47.1 Å². The molecule has 2 aromatic heterocycles. The van der Waals surface area contributed by atoms with E-state index in [0.29, 0.717) is 0 Å². The number of ether oxygens (including phenoxy) is 1. The summed E-state index contributed by atoms with van der Waals surface area (Å²) in [6.45, 7) is 1.63. The Balaban J connectivity index is 2.07. The number of hydrogen-bond donors (Lipinski definition) is 0. The highest BCUT2D eigenvalue weighted by Crippen LogP contribution is 2.10. The molecule has 0 atom stereocenters. The predicted octanol–water partition coefficient (Wildman–Crippen LogP) is 1.14. The maximum atomic E-state index is 5.03. The highest BCUT2D eigenvalue weighted by molar-refractivity contribution is 5.38. The van der Waals surface area contributed by atoms with Crippen LogP contribution < -0.4 is 4.90 Å². The van der Waals surface area contributed by atoms with E-state index in [1.165, 1.54) is 0 Å². The molecule has 0 aromatic carbocycles. The minimum absolute atomic E-state index is 0.719. The van der Waals surface area contributed by atoms with Gasteiger partial charge in [0.1, 0.15) is 5.82 Å². The number of methoxy groups -OCH3 is 1. The van der Waals surface area contributed by atoms with Crippen molar-refractivity contribution in [1.82, 2.24) is 19.7 Å². The molecule has 0 fully saturated rings. The zero-order chi connectivity index (χ0) is 12.8. The van der Waals surface area contributed by atoms with Gasteiger partial charge >= 0.3 is 0 Å². The van der Waals surface area contributed by atoms with Gasteiger partial charge in [-0.15, -0.1) is 0 Å². The predicted molar refractivity (Wildman–Crippen MR) is 68.9 cm³/mol. The van der Waals surface area contributed by atoms with Gasteiger partial charge in [0.15, 0.2) is 5.82 Å². The first-order valence-corrected chi connectivity index (χ1v) is 5.83.